The van der Waals surface area contributed by atoms with Crippen molar-refractivity contribution < 1.29 is 8.83 Å². The van der Waals surface area contributed by atoms with Gasteiger partial charge in [-0.15, -0.1) is 0 Å². The lowest BCUT2D eigenvalue weighted by molar-refractivity contribution is 0.558. The van der Waals surface area contributed by atoms with E-state index in [-0.39, 0.29) is 32.5 Å². The highest BCUT2D eigenvalue weighted by Crippen LogP contribution is 2.47. The molecule has 0 saturated heterocycles. The summed E-state index contributed by atoms with van der Waals surface area (Å²) in [6.45, 7) is 41.0. The molecule has 0 amide bonds. The monoisotopic (exact) mass is 902 g/mol. The topological polar surface area (TPSA) is 65.0 Å². The fraction of sp³-hybridized carbons (Fsp3) is 0.381. The Hall–Kier alpha value is -6.07. The van der Waals surface area contributed by atoms with Gasteiger partial charge in [-0.05, 0) is 96.7 Å². The molecule has 0 spiro atoms. The Balaban J connectivity index is 1.27. The van der Waals surface area contributed by atoms with Crippen LogP contribution in [0.15, 0.2) is 112 Å². The van der Waals surface area contributed by atoms with Crippen molar-refractivity contribution in [2.24, 2.45) is 0 Å². The summed E-state index contributed by atoms with van der Waals surface area (Å²) < 4.78 is 14.2. The van der Waals surface area contributed by atoms with Gasteiger partial charge in [0.25, 0.3) is 0 Å². The van der Waals surface area contributed by atoms with Crippen LogP contribution < -0.4 is 0 Å². The summed E-state index contributed by atoms with van der Waals surface area (Å²) in [6, 6.07) is 37.5. The number of furan rings is 2. The third-order valence-electron chi connectivity index (χ3n) is 13.8. The predicted octanol–water partition coefficient (Wildman–Crippen LogP) is 18.1. The van der Waals surface area contributed by atoms with E-state index in [1.807, 2.05) is 18.2 Å². The Morgan fingerprint density at radius 2 is 0.618 bits per heavy atom. The van der Waals surface area contributed by atoms with Crippen LogP contribution in [0.3, 0.4) is 0 Å². The van der Waals surface area contributed by atoms with Gasteiger partial charge < -0.3 is 8.83 Å². The number of fused-ring (bicyclic) bond motifs is 6. The third-order valence-corrected chi connectivity index (χ3v) is 13.8. The van der Waals surface area contributed by atoms with Crippen molar-refractivity contribution >= 4 is 43.9 Å². The highest BCUT2D eigenvalue weighted by molar-refractivity contribution is 6.12. The third kappa shape index (κ3) is 8.56. The Morgan fingerprint density at radius 3 is 1.01 bits per heavy atom. The van der Waals surface area contributed by atoms with E-state index >= 15 is 0 Å². The van der Waals surface area contributed by atoms with E-state index in [4.69, 9.17) is 23.8 Å². The lowest BCUT2D eigenvalue weighted by Gasteiger charge is -2.25. The summed E-state index contributed by atoms with van der Waals surface area (Å²) >= 11 is 0. The number of rotatable bonds is 4. The van der Waals surface area contributed by atoms with E-state index in [1.165, 1.54) is 38.8 Å². The van der Waals surface area contributed by atoms with Gasteiger partial charge in [-0.2, -0.15) is 0 Å². The maximum Gasteiger partial charge on any atom is 0.167 e. The summed E-state index contributed by atoms with van der Waals surface area (Å²) in [5, 5.41) is 4.52. The lowest BCUT2D eigenvalue weighted by Crippen LogP contribution is -2.16. The van der Waals surface area contributed by atoms with Crippen LogP contribution in [0, 0.1) is 0 Å². The van der Waals surface area contributed by atoms with Crippen molar-refractivity contribution in [1.29, 1.82) is 0 Å². The molecule has 0 radical (unpaired) electrons. The van der Waals surface area contributed by atoms with Gasteiger partial charge in [0.1, 0.15) is 22.3 Å². The van der Waals surface area contributed by atoms with Crippen LogP contribution in [0.25, 0.3) is 89.2 Å². The van der Waals surface area contributed by atoms with Crippen molar-refractivity contribution in [2.75, 3.05) is 0 Å². The number of nitrogens with zero attached hydrogens (tertiary/aromatic N) is 3. The maximum atomic E-state index is 7.12. The van der Waals surface area contributed by atoms with Gasteiger partial charge in [0.15, 0.2) is 17.5 Å². The molecule has 0 N–H and O–H groups in total. The van der Waals surface area contributed by atoms with Crippen molar-refractivity contribution in [3.05, 3.63) is 137 Å². The first kappa shape index (κ1) is 47.0. The van der Waals surface area contributed by atoms with E-state index in [0.717, 1.165) is 66.3 Å². The fourth-order valence-electron chi connectivity index (χ4n) is 9.33. The second kappa shape index (κ2) is 15.7. The molecule has 9 aromatic rings. The molecule has 3 aromatic heterocycles. The number of aromatic nitrogens is 3. The van der Waals surface area contributed by atoms with E-state index in [9.17, 15) is 0 Å². The second-order valence-electron chi connectivity index (χ2n) is 25.6. The zero-order valence-corrected chi connectivity index (χ0v) is 44.0. The van der Waals surface area contributed by atoms with E-state index in [0.29, 0.717) is 17.5 Å². The predicted molar refractivity (Wildman–Crippen MR) is 288 cm³/mol. The van der Waals surface area contributed by atoms with Crippen LogP contribution in [0.1, 0.15) is 158 Å². The Morgan fingerprint density at radius 1 is 0.294 bits per heavy atom. The molecule has 3 heterocycles. The number of hydrogen-bond donors (Lipinski definition) is 0. The van der Waals surface area contributed by atoms with Gasteiger partial charge in [-0.3, -0.25) is 0 Å². The molecule has 0 aliphatic heterocycles. The Bertz CT molecular complexity index is 3410. The Kier molecular flexibility index (Phi) is 10.9. The van der Waals surface area contributed by atoms with Crippen molar-refractivity contribution in [3.8, 4) is 45.3 Å². The zero-order chi connectivity index (χ0) is 49.3. The highest BCUT2D eigenvalue weighted by atomic mass is 16.3. The maximum absolute atomic E-state index is 7.12. The minimum Gasteiger partial charge on any atom is -0.455 e. The highest BCUT2D eigenvalue weighted by Gasteiger charge is 2.30. The molecule has 0 bridgehead atoms. The average molecular weight is 902 g/mol. The molecule has 0 unspecified atom stereocenters. The molecule has 0 aliphatic carbocycles. The molecule has 68 heavy (non-hydrogen) atoms. The van der Waals surface area contributed by atoms with Crippen LogP contribution in [-0.4, -0.2) is 15.0 Å². The van der Waals surface area contributed by atoms with Crippen LogP contribution in [0.4, 0.5) is 0 Å². The van der Waals surface area contributed by atoms with Gasteiger partial charge in [0.2, 0.25) is 0 Å². The number of benzene rings is 6. The van der Waals surface area contributed by atoms with Crippen LogP contribution >= 0.6 is 0 Å². The van der Waals surface area contributed by atoms with Crippen LogP contribution in [-0.2, 0) is 32.5 Å². The smallest absolute Gasteiger partial charge is 0.167 e. The van der Waals surface area contributed by atoms with Gasteiger partial charge in [-0.1, -0.05) is 191 Å². The normalized spacial score (nSPS) is 13.4. The first-order valence-electron chi connectivity index (χ1n) is 24.5. The molecule has 9 rings (SSSR count). The van der Waals surface area contributed by atoms with Crippen molar-refractivity contribution in [3.63, 3.8) is 0 Å². The first-order valence-corrected chi connectivity index (χ1v) is 24.5. The number of hydrogen-bond acceptors (Lipinski definition) is 5. The largest absolute Gasteiger partial charge is 0.455 e. The molecule has 6 aromatic carbocycles. The lowest BCUT2D eigenvalue weighted by atomic mass is 9.79. The SMILES string of the molecule is CC(C)(C)c1cc(-c2ccc(-c3nc(-c4ccccc4)nc(-c4cc(C(C)(C)C)cc5c4oc4c(C(C)(C)C)cc(C(C)(C)C)cc45)n3)cc2)c2oc3c(C(C)(C)C)cc(C(C)(C)C)cc3c2c1. The van der Waals surface area contributed by atoms with Crippen molar-refractivity contribution in [2.45, 2.75) is 157 Å². The standard InChI is InChI=1S/C63H71N3O2/c1-58(2,3)39-28-43(51-44(29-39)46-31-41(60(7,8)9)34-49(53(46)67-51)62(13,14)15)36-24-26-38(27-25-36)56-64-55(37-22-20-19-21-23-37)65-57(66-56)48-33-40(59(4,5)6)30-45-47-32-42(61(10,11)12)35-50(63(16,17)18)54(47)68-52(45)48/h19-35H,1-18H3. The van der Waals surface area contributed by atoms with E-state index in [1.54, 1.807) is 0 Å². The summed E-state index contributed by atoms with van der Waals surface area (Å²) in [6.07, 6.45) is 0. The first-order chi connectivity index (χ1) is 31.5. The summed E-state index contributed by atoms with van der Waals surface area (Å²) in [5.41, 5.74) is 15.3. The minimum atomic E-state index is -0.159. The van der Waals surface area contributed by atoms with E-state index in [2.05, 4.69) is 210 Å². The quantitative estimate of drug-likeness (QED) is 0.176. The fourth-order valence-corrected chi connectivity index (χ4v) is 9.33. The molecular weight excluding hydrogens is 831 g/mol. The molecular formula is C63H71N3O2. The zero-order valence-electron chi connectivity index (χ0n) is 44.0. The average Bonchev–Trinajstić information content (AvgIpc) is 3.82. The summed E-state index contributed by atoms with van der Waals surface area (Å²) in [4.78, 5) is 15.8. The molecule has 5 nitrogen and oxygen atoms in total. The van der Waals surface area contributed by atoms with E-state index < -0.39 is 0 Å². The molecule has 5 heteroatoms. The molecule has 0 saturated carbocycles. The minimum absolute atomic E-state index is 0.0211. The molecule has 350 valence electrons. The molecule has 0 atom stereocenters. The van der Waals surface area contributed by atoms with Gasteiger partial charge in [0, 0.05) is 49.4 Å². The Labute approximate surface area is 404 Å². The second-order valence-corrected chi connectivity index (χ2v) is 25.6. The van der Waals surface area contributed by atoms with Gasteiger partial charge in [0.05, 0.1) is 5.56 Å². The molecule has 0 fully saturated rings. The van der Waals surface area contributed by atoms with Gasteiger partial charge in [-0.25, -0.2) is 15.0 Å². The summed E-state index contributed by atoms with van der Waals surface area (Å²) in [5.74, 6) is 1.78. The van der Waals surface area contributed by atoms with Crippen molar-refractivity contribution in [1.82, 2.24) is 15.0 Å². The molecule has 0 aliphatic rings. The summed E-state index contributed by atoms with van der Waals surface area (Å²) in [7, 11) is 0. The van der Waals surface area contributed by atoms with Crippen LogP contribution in [0.5, 0.6) is 0 Å². The van der Waals surface area contributed by atoms with Crippen LogP contribution in [0.2, 0.25) is 0 Å². The van der Waals surface area contributed by atoms with Gasteiger partial charge >= 0.3 is 0 Å².